The molecule has 0 saturated heterocycles. The highest BCUT2D eigenvalue weighted by Crippen LogP contribution is 2.25. The number of rotatable bonds is 1. The van der Waals surface area contributed by atoms with Crippen molar-refractivity contribution in [3.05, 3.63) is 0 Å². The van der Waals surface area contributed by atoms with E-state index in [1.807, 2.05) is 20.8 Å². The summed E-state index contributed by atoms with van der Waals surface area (Å²) in [6.07, 6.45) is 1.57. The predicted octanol–water partition coefficient (Wildman–Crippen LogP) is 1.97. The summed E-state index contributed by atoms with van der Waals surface area (Å²) in [6, 6.07) is 0.261. The molecule has 1 amide bonds. The van der Waals surface area contributed by atoms with Crippen molar-refractivity contribution >= 4 is 18.7 Å². The summed E-state index contributed by atoms with van der Waals surface area (Å²) in [6.45, 7) is 5.57. The monoisotopic (exact) mass is 203 g/mol. The lowest BCUT2D eigenvalue weighted by atomic mass is 9.92. The minimum atomic E-state index is -0.409. The standard InChI is InChI=1S/C9H17NO2S/c1-9(2,3)12-8(11)10-6-4-7(13)5-6/h6-7,13H,4-5H2,1-3H3,(H,10,11)/t6-,7+. The highest BCUT2D eigenvalue weighted by Gasteiger charge is 2.28. The van der Waals surface area contributed by atoms with Crippen LogP contribution >= 0.6 is 12.6 Å². The summed E-state index contributed by atoms with van der Waals surface area (Å²) < 4.78 is 5.10. The number of amides is 1. The Morgan fingerprint density at radius 3 is 2.38 bits per heavy atom. The molecule has 1 fully saturated rings. The highest BCUT2D eigenvalue weighted by molar-refractivity contribution is 7.81. The van der Waals surface area contributed by atoms with E-state index in [0.717, 1.165) is 12.8 Å². The summed E-state index contributed by atoms with van der Waals surface area (Å²) in [5.41, 5.74) is -0.409. The molecule has 1 aliphatic carbocycles. The topological polar surface area (TPSA) is 38.3 Å². The molecular weight excluding hydrogens is 186 g/mol. The van der Waals surface area contributed by atoms with Crippen LogP contribution in [0.2, 0.25) is 0 Å². The Bertz CT molecular complexity index is 194. The second-order valence-corrected chi connectivity index (χ2v) is 5.20. The van der Waals surface area contributed by atoms with Gasteiger partial charge < -0.3 is 10.1 Å². The van der Waals surface area contributed by atoms with E-state index in [1.165, 1.54) is 0 Å². The first kappa shape index (κ1) is 10.7. The van der Waals surface area contributed by atoms with Gasteiger partial charge in [-0.2, -0.15) is 12.6 Å². The van der Waals surface area contributed by atoms with Crippen LogP contribution < -0.4 is 5.32 Å². The minimum absolute atomic E-state index is 0.261. The third-order valence-electron chi connectivity index (χ3n) is 1.83. The lowest BCUT2D eigenvalue weighted by molar-refractivity contribution is 0.0482. The van der Waals surface area contributed by atoms with Crippen molar-refractivity contribution in [3.8, 4) is 0 Å². The molecule has 3 nitrogen and oxygen atoms in total. The number of carbonyl (C=O) groups is 1. The summed E-state index contributed by atoms with van der Waals surface area (Å²) in [5, 5.41) is 3.24. The number of nitrogens with one attached hydrogen (secondary N) is 1. The second kappa shape index (κ2) is 3.78. The highest BCUT2D eigenvalue weighted by atomic mass is 32.1. The van der Waals surface area contributed by atoms with Gasteiger partial charge in [0.1, 0.15) is 5.60 Å². The Kier molecular flexibility index (Phi) is 3.11. The largest absolute Gasteiger partial charge is 0.444 e. The first-order valence-electron chi connectivity index (χ1n) is 4.54. The molecule has 1 saturated carbocycles. The van der Waals surface area contributed by atoms with Crippen LogP contribution in [0, 0.1) is 0 Å². The number of thiol groups is 1. The van der Waals surface area contributed by atoms with Crippen LogP contribution in [0.15, 0.2) is 0 Å². The van der Waals surface area contributed by atoms with Crippen molar-refractivity contribution in [2.24, 2.45) is 0 Å². The van der Waals surface area contributed by atoms with Crippen molar-refractivity contribution in [2.75, 3.05) is 0 Å². The molecule has 0 aromatic heterocycles. The van der Waals surface area contributed by atoms with Crippen LogP contribution in [0.4, 0.5) is 4.79 Å². The smallest absolute Gasteiger partial charge is 0.407 e. The minimum Gasteiger partial charge on any atom is -0.444 e. The van der Waals surface area contributed by atoms with Crippen LogP contribution in [0.5, 0.6) is 0 Å². The van der Waals surface area contributed by atoms with E-state index in [9.17, 15) is 4.79 Å². The number of alkyl carbamates (subject to hydrolysis) is 1. The Morgan fingerprint density at radius 2 is 2.00 bits per heavy atom. The lowest BCUT2D eigenvalue weighted by Gasteiger charge is -2.33. The molecule has 1 rings (SSSR count). The maximum atomic E-state index is 11.2. The van der Waals surface area contributed by atoms with Crippen molar-refractivity contribution in [2.45, 2.75) is 50.5 Å². The number of carbonyl (C=O) groups excluding carboxylic acids is 1. The number of hydrogen-bond acceptors (Lipinski definition) is 3. The molecule has 0 radical (unpaired) electrons. The third kappa shape index (κ3) is 3.89. The van der Waals surface area contributed by atoms with Gasteiger partial charge in [-0.25, -0.2) is 4.79 Å². The van der Waals surface area contributed by atoms with Gasteiger partial charge in [0.2, 0.25) is 0 Å². The summed E-state index contributed by atoms with van der Waals surface area (Å²) >= 11 is 4.26. The fraction of sp³-hybridized carbons (Fsp3) is 0.889. The molecule has 0 spiro atoms. The molecule has 0 aromatic carbocycles. The fourth-order valence-corrected chi connectivity index (χ4v) is 1.69. The van der Waals surface area contributed by atoms with Gasteiger partial charge in [0.15, 0.2) is 0 Å². The number of hydrogen-bond donors (Lipinski definition) is 2. The van der Waals surface area contributed by atoms with Gasteiger partial charge in [-0.05, 0) is 33.6 Å². The average Bonchev–Trinajstić information content (AvgIpc) is 1.79. The normalized spacial score (nSPS) is 27.7. The van der Waals surface area contributed by atoms with Gasteiger partial charge in [-0.15, -0.1) is 0 Å². The quantitative estimate of drug-likeness (QED) is 0.639. The molecule has 0 aliphatic heterocycles. The third-order valence-corrected chi connectivity index (χ3v) is 2.26. The van der Waals surface area contributed by atoms with Gasteiger partial charge in [-0.1, -0.05) is 0 Å². The van der Waals surface area contributed by atoms with Gasteiger partial charge in [0.05, 0.1) is 0 Å². The van der Waals surface area contributed by atoms with Crippen LogP contribution in [-0.4, -0.2) is 23.0 Å². The predicted molar refractivity (Wildman–Crippen MR) is 55.2 cm³/mol. The first-order valence-corrected chi connectivity index (χ1v) is 5.06. The molecule has 4 heteroatoms. The van der Waals surface area contributed by atoms with Crippen molar-refractivity contribution in [1.82, 2.24) is 5.32 Å². The van der Waals surface area contributed by atoms with Gasteiger partial charge in [0.25, 0.3) is 0 Å². The van der Waals surface area contributed by atoms with Gasteiger partial charge in [0, 0.05) is 11.3 Å². The lowest BCUT2D eigenvalue weighted by Crippen LogP contribution is -2.46. The molecule has 1 N–H and O–H groups in total. The van der Waals surface area contributed by atoms with Crippen molar-refractivity contribution in [3.63, 3.8) is 0 Å². The molecular formula is C9H17NO2S. The summed E-state index contributed by atoms with van der Waals surface area (Å²) in [7, 11) is 0. The van der Waals surface area contributed by atoms with Crippen LogP contribution in [0.1, 0.15) is 33.6 Å². The molecule has 13 heavy (non-hydrogen) atoms. The maximum Gasteiger partial charge on any atom is 0.407 e. The van der Waals surface area contributed by atoms with Crippen LogP contribution in [0.25, 0.3) is 0 Å². The Labute approximate surface area is 84.6 Å². The average molecular weight is 203 g/mol. The Morgan fingerprint density at radius 1 is 1.46 bits per heavy atom. The zero-order chi connectivity index (χ0) is 10.1. The van der Waals surface area contributed by atoms with Gasteiger partial charge >= 0.3 is 6.09 Å². The molecule has 0 aromatic rings. The molecule has 76 valence electrons. The van der Waals surface area contributed by atoms with Crippen LogP contribution in [-0.2, 0) is 4.74 Å². The van der Waals surface area contributed by atoms with E-state index >= 15 is 0 Å². The zero-order valence-electron chi connectivity index (χ0n) is 8.33. The van der Waals surface area contributed by atoms with Crippen molar-refractivity contribution < 1.29 is 9.53 Å². The maximum absolute atomic E-state index is 11.2. The van der Waals surface area contributed by atoms with E-state index in [1.54, 1.807) is 0 Å². The summed E-state index contributed by atoms with van der Waals surface area (Å²) in [5.74, 6) is 0. The molecule has 0 unspecified atom stereocenters. The molecule has 0 bridgehead atoms. The molecule has 0 heterocycles. The SMILES string of the molecule is CC(C)(C)OC(=O)N[C@H]1C[C@@H](S)C1. The molecule has 0 atom stereocenters. The Balaban J connectivity index is 2.19. The van der Waals surface area contributed by atoms with Crippen molar-refractivity contribution in [1.29, 1.82) is 0 Å². The summed E-state index contributed by atoms with van der Waals surface area (Å²) in [4.78, 5) is 11.2. The molecule has 1 aliphatic rings. The first-order chi connectivity index (χ1) is 5.87. The van der Waals surface area contributed by atoms with E-state index in [2.05, 4.69) is 17.9 Å². The van der Waals surface area contributed by atoms with E-state index < -0.39 is 5.60 Å². The van der Waals surface area contributed by atoms with Crippen LogP contribution in [0.3, 0.4) is 0 Å². The van der Waals surface area contributed by atoms with E-state index in [0.29, 0.717) is 5.25 Å². The van der Waals surface area contributed by atoms with Gasteiger partial charge in [-0.3, -0.25) is 0 Å². The second-order valence-electron chi connectivity index (χ2n) is 4.47. The van der Waals surface area contributed by atoms with E-state index in [4.69, 9.17) is 4.74 Å². The number of ether oxygens (including phenoxy) is 1. The fourth-order valence-electron chi connectivity index (χ4n) is 1.18. The zero-order valence-corrected chi connectivity index (χ0v) is 9.23. The van der Waals surface area contributed by atoms with E-state index in [-0.39, 0.29) is 12.1 Å². The Hall–Kier alpha value is -0.380.